The molecule has 0 bridgehead atoms. The molecule has 1 unspecified atom stereocenters. The van der Waals surface area contributed by atoms with Crippen LogP contribution in [0.3, 0.4) is 0 Å². The Kier molecular flexibility index (Phi) is 4.28. The van der Waals surface area contributed by atoms with Crippen LogP contribution in [0.5, 0.6) is 0 Å². The van der Waals surface area contributed by atoms with Gasteiger partial charge in [0, 0.05) is 0 Å². The molecule has 18 heavy (non-hydrogen) atoms. The number of aryl methyl sites for hydroxylation is 1. The molecule has 2 rings (SSSR count). The van der Waals surface area contributed by atoms with Crippen LogP contribution in [0.1, 0.15) is 29.7 Å². The quantitative estimate of drug-likeness (QED) is 0.869. The lowest BCUT2D eigenvalue weighted by Gasteiger charge is -2.13. The van der Waals surface area contributed by atoms with E-state index >= 15 is 0 Å². The third-order valence-electron chi connectivity index (χ3n) is 2.93. The summed E-state index contributed by atoms with van der Waals surface area (Å²) in [4.78, 5) is 0. The summed E-state index contributed by atoms with van der Waals surface area (Å²) in [5.74, 6) is 0. The van der Waals surface area contributed by atoms with Crippen LogP contribution in [0.15, 0.2) is 42.5 Å². The van der Waals surface area contributed by atoms with Crippen LogP contribution in [0.2, 0.25) is 10.0 Å². The Bertz CT molecular complexity index is 552. The van der Waals surface area contributed by atoms with Gasteiger partial charge in [-0.15, -0.1) is 0 Å². The van der Waals surface area contributed by atoms with Crippen LogP contribution >= 0.6 is 23.2 Å². The number of benzene rings is 2. The smallest absolute Gasteiger partial charge is 0.104 e. The Balaban J connectivity index is 2.34. The SMILES string of the molecule is CCc1cccc(C(O)c2ccc(Cl)c(Cl)c2)c1. The van der Waals surface area contributed by atoms with Crippen molar-refractivity contribution in [2.75, 3.05) is 0 Å². The Labute approximate surface area is 117 Å². The van der Waals surface area contributed by atoms with E-state index in [-0.39, 0.29) is 0 Å². The Morgan fingerprint density at radius 3 is 2.39 bits per heavy atom. The maximum Gasteiger partial charge on any atom is 0.104 e. The highest BCUT2D eigenvalue weighted by molar-refractivity contribution is 6.42. The maximum atomic E-state index is 10.3. The van der Waals surface area contributed by atoms with Crippen molar-refractivity contribution in [1.29, 1.82) is 0 Å². The van der Waals surface area contributed by atoms with Gasteiger partial charge in [-0.1, -0.05) is 60.5 Å². The third kappa shape index (κ3) is 2.86. The second-order valence-corrected chi connectivity index (χ2v) is 4.99. The van der Waals surface area contributed by atoms with E-state index in [4.69, 9.17) is 23.2 Å². The Morgan fingerprint density at radius 2 is 1.72 bits per heavy atom. The fourth-order valence-corrected chi connectivity index (χ4v) is 2.16. The Hall–Kier alpha value is -1.02. The minimum absolute atomic E-state index is 0.458. The van der Waals surface area contributed by atoms with E-state index in [2.05, 4.69) is 6.92 Å². The van der Waals surface area contributed by atoms with E-state index in [0.717, 1.165) is 17.5 Å². The van der Waals surface area contributed by atoms with Gasteiger partial charge < -0.3 is 5.11 Å². The number of aliphatic hydroxyl groups is 1. The molecule has 0 saturated carbocycles. The predicted molar refractivity (Wildman–Crippen MR) is 76.3 cm³/mol. The van der Waals surface area contributed by atoms with Gasteiger partial charge in [-0.2, -0.15) is 0 Å². The van der Waals surface area contributed by atoms with Gasteiger partial charge in [0.15, 0.2) is 0 Å². The molecule has 0 spiro atoms. The zero-order chi connectivity index (χ0) is 13.1. The van der Waals surface area contributed by atoms with Crippen LogP contribution in [0.25, 0.3) is 0 Å². The molecular weight excluding hydrogens is 267 g/mol. The number of halogens is 2. The molecule has 94 valence electrons. The highest BCUT2D eigenvalue weighted by Gasteiger charge is 2.12. The molecule has 0 radical (unpaired) electrons. The van der Waals surface area contributed by atoms with E-state index in [1.54, 1.807) is 18.2 Å². The van der Waals surface area contributed by atoms with E-state index < -0.39 is 6.10 Å². The van der Waals surface area contributed by atoms with Gasteiger partial charge in [-0.05, 0) is 35.2 Å². The molecule has 0 aliphatic rings. The molecule has 2 aromatic rings. The number of hydrogen-bond donors (Lipinski definition) is 1. The molecule has 1 N–H and O–H groups in total. The minimum Gasteiger partial charge on any atom is -0.384 e. The van der Waals surface area contributed by atoms with E-state index in [1.165, 1.54) is 5.56 Å². The summed E-state index contributed by atoms with van der Waals surface area (Å²) in [5, 5.41) is 11.3. The van der Waals surface area contributed by atoms with Crippen LogP contribution in [-0.2, 0) is 6.42 Å². The second-order valence-electron chi connectivity index (χ2n) is 4.17. The highest BCUT2D eigenvalue weighted by Crippen LogP contribution is 2.29. The molecule has 0 heterocycles. The first-order valence-electron chi connectivity index (χ1n) is 5.83. The van der Waals surface area contributed by atoms with Gasteiger partial charge in [0.05, 0.1) is 10.0 Å². The monoisotopic (exact) mass is 280 g/mol. The van der Waals surface area contributed by atoms with E-state index in [1.807, 2.05) is 24.3 Å². The van der Waals surface area contributed by atoms with Gasteiger partial charge in [0.1, 0.15) is 6.10 Å². The fraction of sp³-hybridized carbons (Fsp3) is 0.200. The van der Waals surface area contributed by atoms with E-state index in [9.17, 15) is 5.11 Å². The molecule has 3 heteroatoms. The standard InChI is InChI=1S/C15H14Cl2O/c1-2-10-4-3-5-11(8-10)15(18)12-6-7-13(16)14(17)9-12/h3-9,15,18H,2H2,1H3. The number of aliphatic hydroxyl groups excluding tert-OH is 1. The highest BCUT2D eigenvalue weighted by atomic mass is 35.5. The summed E-state index contributed by atoms with van der Waals surface area (Å²) in [6.45, 7) is 2.09. The first-order chi connectivity index (χ1) is 8.61. The fourth-order valence-electron chi connectivity index (χ4n) is 1.86. The summed E-state index contributed by atoms with van der Waals surface area (Å²) in [7, 11) is 0. The zero-order valence-corrected chi connectivity index (χ0v) is 11.5. The van der Waals surface area contributed by atoms with Crippen molar-refractivity contribution < 1.29 is 5.11 Å². The molecule has 1 atom stereocenters. The van der Waals surface area contributed by atoms with Gasteiger partial charge in [0.25, 0.3) is 0 Å². The van der Waals surface area contributed by atoms with Crippen molar-refractivity contribution in [2.24, 2.45) is 0 Å². The predicted octanol–water partition coefficient (Wildman–Crippen LogP) is 4.64. The molecular formula is C15H14Cl2O. The normalized spacial score (nSPS) is 12.4. The van der Waals surface area contributed by atoms with Gasteiger partial charge in [0.2, 0.25) is 0 Å². The summed E-state index contributed by atoms with van der Waals surface area (Å²) >= 11 is 11.8. The van der Waals surface area contributed by atoms with E-state index in [0.29, 0.717) is 10.0 Å². The molecule has 0 amide bonds. The van der Waals surface area contributed by atoms with Gasteiger partial charge in [-0.25, -0.2) is 0 Å². The molecule has 0 saturated heterocycles. The van der Waals surface area contributed by atoms with Gasteiger partial charge >= 0.3 is 0 Å². The lowest BCUT2D eigenvalue weighted by Crippen LogP contribution is -2.00. The largest absolute Gasteiger partial charge is 0.384 e. The van der Waals surface area contributed by atoms with Crippen molar-refractivity contribution in [1.82, 2.24) is 0 Å². The molecule has 0 aliphatic carbocycles. The molecule has 1 nitrogen and oxygen atoms in total. The van der Waals surface area contributed by atoms with Crippen molar-refractivity contribution in [2.45, 2.75) is 19.4 Å². The maximum absolute atomic E-state index is 10.3. The van der Waals surface area contributed by atoms with Crippen LogP contribution in [0, 0.1) is 0 Å². The minimum atomic E-state index is -0.675. The van der Waals surface area contributed by atoms with Crippen LogP contribution in [0.4, 0.5) is 0 Å². The van der Waals surface area contributed by atoms with Gasteiger partial charge in [-0.3, -0.25) is 0 Å². The zero-order valence-electron chi connectivity index (χ0n) is 10.0. The number of rotatable bonds is 3. The molecule has 0 aliphatic heterocycles. The average Bonchev–Trinajstić information content (AvgIpc) is 2.41. The summed E-state index contributed by atoms with van der Waals surface area (Å²) < 4.78 is 0. The van der Waals surface area contributed by atoms with Crippen LogP contribution in [-0.4, -0.2) is 5.11 Å². The molecule has 0 aromatic heterocycles. The summed E-state index contributed by atoms with van der Waals surface area (Å²) in [6, 6.07) is 13.1. The van der Waals surface area contributed by atoms with Crippen molar-refractivity contribution in [3.05, 3.63) is 69.2 Å². The topological polar surface area (TPSA) is 20.2 Å². The molecule has 0 fully saturated rings. The lowest BCUT2D eigenvalue weighted by atomic mass is 9.99. The lowest BCUT2D eigenvalue weighted by molar-refractivity contribution is 0.220. The van der Waals surface area contributed by atoms with Crippen molar-refractivity contribution in [3.63, 3.8) is 0 Å². The van der Waals surface area contributed by atoms with Crippen molar-refractivity contribution >= 4 is 23.2 Å². The third-order valence-corrected chi connectivity index (χ3v) is 3.67. The van der Waals surface area contributed by atoms with Crippen molar-refractivity contribution in [3.8, 4) is 0 Å². The molecule has 2 aromatic carbocycles. The summed E-state index contributed by atoms with van der Waals surface area (Å²) in [6.07, 6.45) is 0.272. The first kappa shape index (κ1) is 13.4. The first-order valence-corrected chi connectivity index (χ1v) is 6.59. The summed E-state index contributed by atoms with van der Waals surface area (Å²) in [5.41, 5.74) is 2.82. The van der Waals surface area contributed by atoms with Crippen LogP contribution < -0.4 is 0 Å². The Morgan fingerprint density at radius 1 is 1.00 bits per heavy atom. The average molecular weight is 281 g/mol. The second kappa shape index (κ2) is 5.75. The number of hydrogen-bond acceptors (Lipinski definition) is 1.